The molecule has 0 spiro atoms. The first-order chi connectivity index (χ1) is 12.1. The summed E-state index contributed by atoms with van der Waals surface area (Å²) in [4.78, 5) is 22.4. The van der Waals surface area contributed by atoms with Gasteiger partial charge in [-0.15, -0.1) is 0 Å². The molecule has 3 N–H and O–H groups in total. The molecule has 1 aliphatic rings. The number of nitrogens with zero attached hydrogens (tertiary/aromatic N) is 3. The molecule has 1 aliphatic heterocycles. The normalized spacial score (nSPS) is 15.0. The third-order valence-electron chi connectivity index (χ3n) is 4.47. The summed E-state index contributed by atoms with van der Waals surface area (Å²) < 4.78 is 4.83. The maximum absolute atomic E-state index is 11.7. The van der Waals surface area contributed by atoms with Crippen molar-refractivity contribution in [3.63, 3.8) is 0 Å². The molecule has 7 nitrogen and oxygen atoms in total. The molecular formula is C18H23N5O2. The van der Waals surface area contributed by atoms with E-state index in [2.05, 4.69) is 20.2 Å². The van der Waals surface area contributed by atoms with Gasteiger partial charge in [-0.1, -0.05) is 12.1 Å². The fourth-order valence-electron chi connectivity index (χ4n) is 3.09. The number of aryl methyl sites for hydroxylation is 1. The molecule has 0 saturated carbocycles. The van der Waals surface area contributed by atoms with Gasteiger partial charge < -0.3 is 20.7 Å². The van der Waals surface area contributed by atoms with Gasteiger partial charge in [0.05, 0.1) is 13.0 Å². The van der Waals surface area contributed by atoms with Crippen LogP contribution in [0, 0.1) is 12.8 Å². The van der Waals surface area contributed by atoms with Gasteiger partial charge in [-0.3, -0.25) is 4.79 Å². The summed E-state index contributed by atoms with van der Waals surface area (Å²) in [5.41, 5.74) is 8.90. The monoisotopic (exact) mass is 341 g/mol. The van der Waals surface area contributed by atoms with Crippen LogP contribution in [0.2, 0.25) is 0 Å². The molecule has 7 heteroatoms. The van der Waals surface area contributed by atoms with E-state index < -0.39 is 0 Å². The summed E-state index contributed by atoms with van der Waals surface area (Å²) in [6, 6.07) is 8.01. The SMILES string of the molecule is COC(=O)C1CCN(c2ncnc(Nc3cccc(C)c3)c2N)CC1. The molecule has 1 fully saturated rings. The number of carbonyl (C=O) groups excluding carboxylic acids is 1. The van der Waals surface area contributed by atoms with Crippen molar-refractivity contribution in [3.8, 4) is 0 Å². The van der Waals surface area contributed by atoms with Crippen molar-refractivity contribution in [2.24, 2.45) is 5.92 Å². The average molecular weight is 341 g/mol. The lowest BCUT2D eigenvalue weighted by molar-refractivity contribution is -0.146. The number of rotatable bonds is 4. The van der Waals surface area contributed by atoms with E-state index >= 15 is 0 Å². The second kappa shape index (κ2) is 7.38. The number of hydrogen-bond acceptors (Lipinski definition) is 7. The molecule has 0 amide bonds. The lowest BCUT2D eigenvalue weighted by atomic mass is 9.97. The summed E-state index contributed by atoms with van der Waals surface area (Å²) >= 11 is 0. The van der Waals surface area contributed by atoms with Gasteiger partial charge in [0.1, 0.15) is 12.0 Å². The highest BCUT2D eigenvalue weighted by atomic mass is 16.5. The van der Waals surface area contributed by atoms with Crippen LogP contribution >= 0.6 is 0 Å². The Morgan fingerprint density at radius 2 is 2.08 bits per heavy atom. The number of piperidine rings is 1. The number of carbonyl (C=O) groups is 1. The minimum atomic E-state index is -0.142. The van der Waals surface area contributed by atoms with E-state index in [9.17, 15) is 4.79 Å². The van der Waals surface area contributed by atoms with E-state index in [1.165, 1.54) is 13.4 Å². The molecule has 0 bridgehead atoms. The van der Waals surface area contributed by atoms with Crippen LogP contribution in [-0.4, -0.2) is 36.1 Å². The molecule has 3 rings (SSSR count). The van der Waals surface area contributed by atoms with Crippen LogP contribution in [0.4, 0.5) is 23.0 Å². The van der Waals surface area contributed by atoms with Gasteiger partial charge in [0.25, 0.3) is 0 Å². The molecule has 0 radical (unpaired) electrons. The molecular weight excluding hydrogens is 318 g/mol. The van der Waals surface area contributed by atoms with Crippen molar-refractivity contribution in [3.05, 3.63) is 36.2 Å². The summed E-state index contributed by atoms with van der Waals surface area (Å²) in [7, 11) is 1.43. The van der Waals surface area contributed by atoms with Crippen molar-refractivity contribution >= 4 is 29.0 Å². The largest absolute Gasteiger partial charge is 0.469 e. The first kappa shape index (κ1) is 17.0. The highest BCUT2D eigenvalue weighted by Crippen LogP contribution is 2.31. The van der Waals surface area contributed by atoms with Crippen LogP contribution < -0.4 is 16.0 Å². The fraction of sp³-hybridized carbons (Fsp3) is 0.389. The second-order valence-electron chi connectivity index (χ2n) is 6.24. The van der Waals surface area contributed by atoms with Gasteiger partial charge in [0.2, 0.25) is 0 Å². The second-order valence-corrected chi connectivity index (χ2v) is 6.24. The van der Waals surface area contributed by atoms with Gasteiger partial charge in [0, 0.05) is 18.8 Å². The van der Waals surface area contributed by atoms with E-state index in [1.807, 2.05) is 31.2 Å². The van der Waals surface area contributed by atoms with Gasteiger partial charge in [-0.05, 0) is 37.5 Å². The van der Waals surface area contributed by atoms with Gasteiger partial charge >= 0.3 is 5.97 Å². The molecule has 2 aromatic rings. The quantitative estimate of drug-likeness (QED) is 0.825. The van der Waals surface area contributed by atoms with Gasteiger partial charge in [-0.2, -0.15) is 0 Å². The van der Waals surface area contributed by atoms with Crippen molar-refractivity contribution in [2.45, 2.75) is 19.8 Å². The van der Waals surface area contributed by atoms with Crippen LogP contribution in [0.25, 0.3) is 0 Å². The van der Waals surface area contributed by atoms with E-state index in [-0.39, 0.29) is 11.9 Å². The molecule has 2 heterocycles. The van der Waals surface area contributed by atoms with E-state index in [0.717, 1.165) is 24.1 Å². The lowest BCUT2D eigenvalue weighted by Gasteiger charge is -2.32. The molecule has 0 atom stereocenters. The number of benzene rings is 1. The third-order valence-corrected chi connectivity index (χ3v) is 4.47. The first-order valence-electron chi connectivity index (χ1n) is 8.35. The van der Waals surface area contributed by atoms with Crippen molar-refractivity contribution < 1.29 is 9.53 Å². The Morgan fingerprint density at radius 3 is 2.76 bits per heavy atom. The summed E-state index contributed by atoms with van der Waals surface area (Å²) in [6.45, 7) is 3.46. The number of aromatic nitrogens is 2. The Hall–Kier alpha value is -2.83. The molecule has 0 aliphatic carbocycles. The fourth-order valence-corrected chi connectivity index (χ4v) is 3.09. The number of nitrogen functional groups attached to an aromatic ring is 1. The summed E-state index contributed by atoms with van der Waals surface area (Å²) in [5.74, 6) is 1.10. The van der Waals surface area contributed by atoms with E-state index in [0.29, 0.717) is 30.4 Å². The van der Waals surface area contributed by atoms with Crippen LogP contribution in [-0.2, 0) is 9.53 Å². The average Bonchev–Trinajstić information content (AvgIpc) is 2.63. The number of esters is 1. The molecule has 1 aromatic heterocycles. The van der Waals surface area contributed by atoms with Crippen molar-refractivity contribution in [2.75, 3.05) is 36.1 Å². The number of ether oxygens (including phenoxy) is 1. The molecule has 25 heavy (non-hydrogen) atoms. The Kier molecular flexibility index (Phi) is 5.02. The van der Waals surface area contributed by atoms with Gasteiger partial charge in [0.15, 0.2) is 11.6 Å². The van der Waals surface area contributed by atoms with Crippen molar-refractivity contribution in [1.29, 1.82) is 0 Å². The number of nitrogens with one attached hydrogen (secondary N) is 1. The van der Waals surface area contributed by atoms with Crippen molar-refractivity contribution in [1.82, 2.24) is 9.97 Å². The Bertz CT molecular complexity index is 757. The minimum absolute atomic E-state index is 0.0470. The van der Waals surface area contributed by atoms with E-state index in [1.54, 1.807) is 0 Å². The zero-order valence-electron chi connectivity index (χ0n) is 14.5. The molecule has 132 valence electrons. The highest BCUT2D eigenvalue weighted by Gasteiger charge is 2.27. The standard InChI is InChI=1S/C18H23N5O2/c1-12-4-3-5-14(10-12)22-16-15(19)17(21-11-20-16)23-8-6-13(7-9-23)18(24)25-2/h3-5,10-11,13H,6-9,19H2,1-2H3,(H,20,21,22). The smallest absolute Gasteiger partial charge is 0.308 e. The molecule has 0 unspecified atom stereocenters. The number of anilines is 4. The third kappa shape index (κ3) is 3.81. The lowest BCUT2D eigenvalue weighted by Crippen LogP contribution is -2.37. The summed E-state index contributed by atoms with van der Waals surface area (Å²) in [5, 5.41) is 3.25. The van der Waals surface area contributed by atoms with Crippen LogP contribution in [0.15, 0.2) is 30.6 Å². The van der Waals surface area contributed by atoms with Crippen LogP contribution in [0.3, 0.4) is 0 Å². The Balaban J connectivity index is 1.74. The minimum Gasteiger partial charge on any atom is -0.469 e. The highest BCUT2D eigenvalue weighted by molar-refractivity contribution is 5.79. The first-order valence-corrected chi connectivity index (χ1v) is 8.35. The maximum Gasteiger partial charge on any atom is 0.308 e. The number of hydrogen-bond donors (Lipinski definition) is 2. The zero-order chi connectivity index (χ0) is 17.8. The predicted molar refractivity (Wildman–Crippen MR) is 97.9 cm³/mol. The van der Waals surface area contributed by atoms with Gasteiger partial charge in [-0.25, -0.2) is 9.97 Å². The maximum atomic E-state index is 11.7. The predicted octanol–water partition coefficient (Wildman–Crippen LogP) is 2.50. The number of methoxy groups -OCH3 is 1. The topological polar surface area (TPSA) is 93.4 Å². The van der Waals surface area contributed by atoms with Crippen LogP contribution in [0.5, 0.6) is 0 Å². The Morgan fingerprint density at radius 1 is 1.32 bits per heavy atom. The Labute approximate surface area is 147 Å². The zero-order valence-corrected chi connectivity index (χ0v) is 14.5. The van der Waals surface area contributed by atoms with Crippen LogP contribution in [0.1, 0.15) is 18.4 Å². The summed E-state index contributed by atoms with van der Waals surface area (Å²) in [6.07, 6.45) is 2.98. The van der Waals surface area contributed by atoms with E-state index in [4.69, 9.17) is 10.5 Å². The molecule has 1 aromatic carbocycles. The number of nitrogens with two attached hydrogens (primary N) is 1. The molecule has 1 saturated heterocycles.